The number of aromatic nitrogens is 7. The number of hydrogen-bond donors (Lipinski definition) is 1. The Morgan fingerprint density at radius 3 is 2.63 bits per heavy atom. The molecule has 0 aromatic carbocycles. The maximum absolute atomic E-state index is 13.3. The zero-order chi connectivity index (χ0) is 29.5. The van der Waals surface area contributed by atoms with Crippen molar-refractivity contribution in [2.24, 2.45) is 7.05 Å². The van der Waals surface area contributed by atoms with E-state index in [1.54, 1.807) is 18.2 Å². The highest BCUT2D eigenvalue weighted by Crippen LogP contribution is 2.34. The number of aryl methyl sites for hydroxylation is 1. The van der Waals surface area contributed by atoms with E-state index in [2.05, 4.69) is 25.3 Å². The second kappa shape index (κ2) is 10.5. The third kappa shape index (κ3) is 5.01. The lowest BCUT2D eigenvalue weighted by molar-refractivity contribution is -0.146. The number of pyridine rings is 1. The van der Waals surface area contributed by atoms with Gasteiger partial charge in [0.1, 0.15) is 24.4 Å². The van der Waals surface area contributed by atoms with E-state index in [1.807, 2.05) is 0 Å². The number of carbonyl (C=O) groups excluding carboxylic acids is 1. The van der Waals surface area contributed by atoms with Gasteiger partial charge in [-0.05, 0) is 31.9 Å². The second-order valence-corrected chi connectivity index (χ2v) is 9.45. The molecule has 16 heteroatoms. The number of rotatable bonds is 6. The van der Waals surface area contributed by atoms with Crippen LogP contribution in [0.25, 0.3) is 22.4 Å². The van der Waals surface area contributed by atoms with Crippen molar-refractivity contribution in [3.63, 3.8) is 0 Å². The van der Waals surface area contributed by atoms with E-state index in [9.17, 15) is 27.6 Å². The van der Waals surface area contributed by atoms with Crippen LogP contribution in [0.15, 0.2) is 46.5 Å². The van der Waals surface area contributed by atoms with Crippen molar-refractivity contribution in [3.05, 3.63) is 57.8 Å². The van der Waals surface area contributed by atoms with Gasteiger partial charge in [0.05, 0.1) is 18.1 Å². The third-order valence-electron chi connectivity index (χ3n) is 6.91. The van der Waals surface area contributed by atoms with Gasteiger partial charge in [-0.15, -0.1) is 0 Å². The SMILES string of the molecule is C[C@@H](C(=O)Nc1cccc(-c2cnc(N3CCC[C@@H]3C(F)(F)F)nc2)n1)n1cnc2c1c(=O)n(CC#N)c(=O)n2C. The molecule has 0 unspecified atom stereocenters. The Bertz CT molecular complexity index is 1790. The van der Waals surface area contributed by atoms with Crippen LogP contribution in [-0.2, 0) is 18.4 Å². The molecule has 0 bridgehead atoms. The largest absolute Gasteiger partial charge is 0.408 e. The molecule has 0 aliphatic carbocycles. The van der Waals surface area contributed by atoms with Crippen LogP contribution < -0.4 is 21.5 Å². The fourth-order valence-electron chi connectivity index (χ4n) is 4.76. The van der Waals surface area contributed by atoms with E-state index in [1.165, 1.54) is 43.3 Å². The summed E-state index contributed by atoms with van der Waals surface area (Å²) in [7, 11) is 1.41. The Morgan fingerprint density at radius 2 is 1.95 bits per heavy atom. The molecule has 1 aliphatic rings. The summed E-state index contributed by atoms with van der Waals surface area (Å²) in [6, 6.07) is 3.98. The minimum atomic E-state index is -4.38. The normalized spacial score (nSPS) is 16.1. The van der Waals surface area contributed by atoms with Crippen LogP contribution in [0.5, 0.6) is 0 Å². The zero-order valence-corrected chi connectivity index (χ0v) is 21.8. The molecule has 1 fully saturated rings. The number of fused-ring (bicyclic) bond motifs is 1. The third-order valence-corrected chi connectivity index (χ3v) is 6.91. The number of carbonyl (C=O) groups is 1. The van der Waals surface area contributed by atoms with E-state index in [4.69, 9.17) is 5.26 Å². The lowest BCUT2D eigenvalue weighted by Gasteiger charge is -2.26. The average Bonchev–Trinajstić information content (AvgIpc) is 3.62. The summed E-state index contributed by atoms with van der Waals surface area (Å²) in [4.78, 5) is 56.4. The van der Waals surface area contributed by atoms with Gasteiger partial charge in [0.25, 0.3) is 5.56 Å². The number of halogens is 3. The van der Waals surface area contributed by atoms with Crippen LogP contribution in [0, 0.1) is 11.3 Å². The predicted molar refractivity (Wildman–Crippen MR) is 140 cm³/mol. The van der Waals surface area contributed by atoms with E-state index in [0.717, 1.165) is 14.0 Å². The van der Waals surface area contributed by atoms with Gasteiger partial charge in [-0.1, -0.05) is 6.07 Å². The Labute approximate surface area is 229 Å². The Hall–Kier alpha value is -5.07. The van der Waals surface area contributed by atoms with Crippen molar-refractivity contribution in [1.29, 1.82) is 5.26 Å². The highest BCUT2D eigenvalue weighted by Gasteiger charge is 2.46. The van der Waals surface area contributed by atoms with E-state index >= 15 is 0 Å². The number of nitrogens with one attached hydrogen (secondary N) is 1. The first-order valence-corrected chi connectivity index (χ1v) is 12.5. The topological polar surface area (TPSA) is 157 Å². The molecule has 5 rings (SSSR count). The lowest BCUT2D eigenvalue weighted by atomic mass is 10.2. The van der Waals surface area contributed by atoms with Gasteiger partial charge in [0.15, 0.2) is 11.2 Å². The molecule has 1 aliphatic heterocycles. The predicted octanol–water partition coefficient (Wildman–Crippen LogP) is 2.00. The average molecular weight is 569 g/mol. The fourth-order valence-corrected chi connectivity index (χ4v) is 4.76. The van der Waals surface area contributed by atoms with E-state index in [-0.39, 0.29) is 35.9 Å². The smallest absolute Gasteiger partial charge is 0.329 e. The zero-order valence-electron chi connectivity index (χ0n) is 21.8. The molecule has 1 amide bonds. The minimum Gasteiger partial charge on any atom is -0.329 e. The summed E-state index contributed by atoms with van der Waals surface area (Å²) >= 11 is 0. The molecule has 41 heavy (non-hydrogen) atoms. The van der Waals surface area contributed by atoms with Crippen molar-refractivity contribution in [2.75, 3.05) is 16.8 Å². The first-order chi connectivity index (χ1) is 19.5. The molecule has 2 atom stereocenters. The molecule has 13 nitrogen and oxygen atoms in total. The summed E-state index contributed by atoms with van der Waals surface area (Å²) < 4.78 is 43.2. The summed E-state index contributed by atoms with van der Waals surface area (Å²) in [5.41, 5.74) is -0.605. The van der Waals surface area contributed by atoms with Crippen LogP contribution in [0.1, 0.15) is 25.8 Å². The molecule has 5 heterocycles. The quantitative estimate of drug-likeness (QED) is 0.367. The van der Waals surface area contributed by atoms with Gasteiger partial charge in [-0.25, -0.2) is 29.3 Å². The van der Waals surface area contributed by atoms with Crippen molar-refractivity contribution in [1.82, 2.24) is 33.6 Å². The van der Waals surface area contributed by atoms with Crippen LogP contribution in [0.4, 0.5) is 24.9 Å². The molecular formula is C25H23F3N10O3. The van der Waals surface area contributed by atoms with Gasteiger partial charge in [-0.3, -0.25) is 14.2 Å². The maximum Gasteiger partial charge on any atom is 0.408 e. The maximum atomic E-state index is 13.3. The van der Waals surface area contributed by atoms with Crippen LogP contribution >= 0.6 is 0 Å². The molecule has 4 aromatic rings. The molecular weight excluding hydrogens is 545 g/mol. The first kappa shape index (κ1) is 27.5. The number of hydrogen-bond acceptors (Lipinski definition) is 9. The number of anilines is 2. The highest BCUT2D eigenvalue weighted by molar-refractivity contribution is 5.93. The Kier molecular flexibility index (Phi) is 7.03. The Balaban J connectivity index is 1.37. The second-order valence-electron chi connectivity index (χ2n) is 9.45. The Morgan fingerprint density at radius 1 is 1.22 bits per heavy atom. The number of nitriles is 1. The first-order valence-electron chi connectivity index (χ1n) is 12.5. The summed E-state index contributed by atoms with van der Waals surface area (Å²) in [5, 5.41) is 11.7. The monoisotopic (exact) mass is 568 g/mol. The molecule has 1 saturated heterocycles. The lowest BCUT2D eigenvalue weighted by Crippen LogP contribution is -2.42. The standard InChI is InChI=1S/C25H23F3N10O3/c1-14(38-13-32-20-19(38)22(40)37(10-8-29)24(41)35(20)2)21(39)34-18-7-3-5-16(33-18)15-11-30-23(31-12-15)36-9-4-6-17(36)25(26,27)28/h3,5,7,11-14,17H,4,6,9-10H2,1-2H3,(H,33,34,39)/t14-,17+/m0/s1. The van der Waals surface area contributed by atoms with Gasteiger partial charge in [0.2, 0.25) is 11.9 Å². The van der Waals surface area contributed by atoms with E-state index < -0.39 is 42.0 Å². The van der Waals surface area contributed by atoms with Crippen LogP contribution in [-0.4, -0.2) is 58.3 Å². The van der Waals surface area contributed by atoms with Gasteiger partial charge >= 0.3 is 11.9 Å². The van der Waals surface area contributed by atoms with Crippen LogP contribution in [0.2, 0.25) is 0 Å². The fraction of sp³-hybridized carbons (Fsp3) is 0.360. The summed E-state index contributed by atoms with van der Waals surface area (Å²) in [6.45, 7) is 1.27. The van der Waals surface area contributed by atoms with Crippen molar-refractivity contribution < 1.29 is 18.0 Å². The number of nitrogens with zero attached hydrogens (tertiary/aromatic N) is 9. The van der Waals surface area contributed by atoms with Crippen molar-refractivity contribution in [3.8, 4) is 17.3 Å². The van der Waals surface area contributed by atoms with Gasteiger partial charge in [-0.2, -0.15) is 18.4 Å². The molecule has 1 N–H and O–H groups in total. The van der Waals surface area contributed by atoms with Gasteiger partial charge in [0, 0.05) is 31.5 Å². The van der Waals surface area contributed by atoms with Crippen LogP contribution in [0.3, 0.4) is 0 Å². The molecule has 0 spiro atoms. The molecule has 0 radical (unpaired) electrons. The van der Waals surface area contributed by atoms with E-state index in [0.29, 0.717) is 17.7 Å². The molecule has 4 aromatic heterocycles. The minimum absolute atomic E-state index is 0.0146. The van der Waals surface area contributed by atoms with Crippen molar-refractivity contribution in [2.45, 2.75) is 44.6 Å². The van der Waals surface area contributed by atoms with Gasteiger partial charge < -0.3 is 14.8 Å². The summed E-state index contributed by atoms with van der Waals surface area (Å²) in [6.07, 6.45) is 0.00626. The molecule has 212 valence electrons. The number of imidazole rings is 1. The number of alkyl halides is 3. The number of amides is 1. The van der Waals surface area contributed by atoms with Crippen molar-refractivity contribution >= 4 is 28.8 Å². The highest BCUT2D eigenvalue weighted by atomic mass is 19.4. The molecule has 0 saturated carbocycles. The summed E-state index contributed by atoms with van der Waals surface area (Å²) in [5.74, 6) is -0.405.